The number of ether oxygens (including phenoxy) is 1. The molecule has 1 saturated heterocycles. The molecule has 4 rings (SSSR count). The van der Waals surface area contributed by atoms with Gasteiger partial charge in [-0.1, -0.05) is 28.1 Å². The number of allylic oxidation sites excluding steroid dienone is 2. The molecular weight excluding hydrogens is 488 g/mol. The van der Waals surface area contributed by atoms with Crippen molar-refractivity contribution < 1.29 is 23.9 Å². The molecule has 2 aliphatic rings. The summed E-state index contributed by atoms with van der Waals surface area (Å²) in [5.41, 5.74) is 3.23. The number of benzene rings is 2. The van der Waals surface area contributed by atoms with Gasteiger partial charge in [0.1, 0.15) is 0 Å². The summed E-state index contributed by atoms with van der Waals surface area (Å²) in [6.45, 7) is 3.39. The van der Waals surface area contributed by atoms with E-state index in [2.05, 4.69) is 21.2 Å². The van der Waals surface area contributed by atoms with Crippen LogP contribution in [0.3, 0.4) is 0 Å². The van der Waals surface area contributed by atoms with Crippen molar-refractivity contribution in [1.29, 1.82) is 0 Å². The highest BCUT2D eigenvalue weighted by Gasteiger charge is 2.47. The fraction of sp³-hybridized carbons (Fsp3) is 0.280. The molecule has 1 fully saturated rings. The van der Waals surface area contributed by atoms with Gasteiger partial charge in [0.2, 0.25) is 11.8 Å². The number of anilines is 2. The molecule has 0 spiro atoms. The predicted molar refractivity (Wildman–Crippen MR) is 127 cm³/mol. The largest absolute Gasteiger partial charge is 0.452 e. The summed E-state index contributed by atoms with van der Waals surface area (Å²) in [6.07, 6.45) is 5.00. The number of carbonyl (C=O) groups is 4. The smallest absolute Gasteiger partial charge is 0.338 e. The lowest BCUT2D eigenvalue weighted by Gasteiger charge is -2.15. The number of fused-ring (bicyclic) bond motifs is 1. The first kappa shape index (κ1) is 22.9. The summed E-state index contributed by atoms with van der Waals surface area (Å²) in [4.78, 5) is 51.2. The third-order valence-corrected chi connectivity index (χ3v) is 7.06. The molecule has 0 bridgehead atoms. The third kappa shape index (κ3) is 4.48. The van der Waals surface area contributed by atoms with Crippen molar-refractivity contribution >= 4 is 51.0 Å². The Labute approximate surface area is 199 Å². The van der Waals surface area contributed by atoms with Crippen molar-refractivity contribution in [3.05, 3.63) is 69.7 Å². The monoisotopic (exact) mass is 510 g/mol. The maximum Gasteiger partial charge on any atom is 0.338 e. The van der Waals surface area contributed by atoms with Gasteiger partial charge in [-0.3, -0.25) is 19.3 Å². The van der Waals surface area contributed by atoms with Crippen LogP contribution in [0.25, 0.3) is 0 Å². The first-order chi connectivity index (χ1) is 15.8. The second-order valence-electron chi connectivity index (χ2n) is 8.18. The number of imide groups is 1. The quantitative estimate of drug-likeness (QED) is 0.367. The predicted octanol–water partition coefficient (Wildman–Crippen LogP) is 4.32. The Balaban J connectivity index is 1.36. The van der Waals surface area contributed by atoms with E-state index in [-0.39, 0.29) is 29.2 Å². The van der Waals surface area contributed by atoms with Crippen molar-refractivity contribution in [2.24, 2.45) is 11.8 Å². The minimum atomic E-state index is -0.669. The summed E-state index contributed by atoms with van der Waals surface area (Å²) < 4.78 is 6.07. The van der Waals surface area contributed by atoms with Crippen LogP contribution in [0.5, 0.6) is 0 Å². The van der Waals surface area contributed by atoms with Crippen molar-refractivity contribution in [3.63, 3.8) is 0 Å². The molecule has 8 heteroatoms. The minimum Gasteiger partial charge on any atom is -0.452 e. The number of nitrogens with one attached hydrogen (secondary N) is 1. The van der Waals surface area contributed by atoms with Crippen LogP contribution >= 0.6 is 15.9 Å². The van der Waals surface area contributed by atoms with Crippen LogP contribution in [0, 0.1) is 25.7 Å². The van der Waals surface area contributed by atoms with Gasteiger partial charge in [-0.2, -0.15) is 0 Å². The number of amides is 3. The van der Waals surface area contributed by atoms with Crippen molar-refractivity contribution in [2.75, 3.05) is 16.8 Å². The molecule has 2 atom stereocenters. The van der Waals surface area contributed by atoms with Crippen LogP contribution in [0.1, 0.15) is 34.3 Å². The first-order valence-electron chi connectivity index (χ1n) is 10.6. The maximum absolute atomic E-state index is 12.7. The fourth-order valence-corrected chi connectivity index (χ4v) is 4.55. The van der Waals surface area contributed by atoms with E-state index < -0.39 is 18.5 Å². The molecule has 33 heavy (non-hydrogen) atoms. The van der Waals surface area contributed by atoms with Crippen LogP contribution < -0.4 is 10.2 Å². The van der Waals surface area contributed by atoms with Gasteiger partial charge in [0, 0.05) is 10.2 Å². The minimum absolute atomic E-state index is 0.209. The second-order valence-corrected chi connectivity index (χ2v) is 9.04. The molecule has 1 N–H and O–H groups in total. The van der Waals surface area contributed by atoms with Gasteiger partial charge in [-0.25, -0.2) is 4.79 Å². The zero-order chi connectivity index (χ0) is 23.7. The molecule has 3 amide bonds. The Morgan fingerprint density at radius 3 is 2.18 bits per heavy atom. The van der Waals surface area contributed by atoms with Crippen LogP contribution in [0.2, 0.25) is 0 Å². The lowest BCUT2D eigenvalue weighted by Crippen LogP contribution is -2.30. The van der Waals surface area contributed by atoms with Gasteiger partial charge >= 0.3 is 5.97 Å². The Bertz CT molecular complexity index is 1150. The zero-order valence-corrected chi connectivity index (χ0v) is 19.8. The average Bonchev–Trinajstić information content (AvgIpc) is 3.08. The van der Waals surface area contributed by atoms with Gasteiger partial charge in [0.05, 0.1) is 23.1 Å². The molecule has 7 nitrogen and oxygen atoms in total. The molecular formula is C25H23BrN2O5. The molecule has 0 radical (unpaired) electrons. The van der Waals surface area contributed by atoms with E-state index in [4.69, 9.17) is 4.74 Å². The highest BCUT2D eigenvalue weighted by molar-refractivity contribution is 9.10. The number of esters is 1. The summed E-state index contributed by atoms with van der Waals surface area (Å²) >= 11 is 3.45. The molecule has 0 aromatic heterocycles. The Kier molecular flexibility index (Phi) is 6.47. The van der Waals surface area contributed by atoms with E-state index in [1.54, 1.807) is 18.2 Å². The third-order valence-electron chi connectivity index (χ3n) is 6.20. The van der Waals surface area contributed by atoms with E-state index in [9.17, 15) is 19.2 Å². The molecule has 1 heterocycles. The van der Waals surface area contributed by atoms with Crippen molar-refractivity contribution in [1.82, 2.24) is 0 Å². The van der Waals surface area contributed by atoms with Gasteiger partial charge in [-0.05, 0) is 74.2 Å². The van der Waals surface area contributed by atoms with Crippen LogP contribution in [0.15, 0.2) is 53.0 Å². The normalized spacial score (nSPS) is 19.4. The zero-order valence-electron chi connectivity index (χ0n) is 18.3. The summed E-state index contributed by atoms with van der Waals surface area (Å²) in [7, 11) is 0. The molecule has 2 aromatic rings. The molecule has 0 unspecified atom stereocenters. The lowest BCUT2D eigenvalue weighted by molar-refractivity contribution is -0.122. The van der Waals surface area contributed by atoms with Gasteiger partial charge < -0.3 is 10.1 Å². The molecule has 0 saturated carbocycles. The SMILES string of the molecule is Cc1c(Br)ccc(NC(=O)COC(=O)c2ccc(N3C(=O)[C@H]4CC=CC[C@H]4C3=O)cc2)c1C. The Hall–Kier alpha value is -3.26. The number of rotatable bonds is 5. The number of hydrogen-bond acceptors (Lipinski definition) is 5. The topological polar surface area (TPSA) is 92.8 Å². The van der Waals surface area contributed by atoms with Crippen molar-refractivity contribution in [2.45, 2.75) is 26.7 Å². The Morgan fingerprint density at radius 2 is 1.58 bits per heavy atom. The molecule has 2 aromatic carbocycles. The summed E-state index contributed by atoms with van der Waals surface area (Å²) in [6, 6.07) is 9.68. The highest BCUT2D eigenvalue weighted by atomic mass is 79.9. The second kappa shape index (κ2) is 9.31. The number of nitrogens with zero attached hydrogens (tertiary/aromatic N) is 1. The van der Waals surface area contributed by atoms with Crippen LogP contribution in [-0.2, 0) is 19.1 Å². The molecule has 1 aliphatic carbocycles. The van der Waals surface area contributed by atoms with Gasteiger partial charge in [0.15, 0.2) is 6.61 Å². The maximum atomic E-state index is 12.7. The van der Waals surface area contributed by atoms with Gasteiger partial charge in [-0.15, -0.1) is 0 Å². The molecule has 170 valence electrons. The van der Waals surface area contributed by atoms with Crippen LogP contribution in [-0.4, -0.2) is 30.3 Å². The molecule has 1 aliphatic heterocycles. The number of hydrogen-bond donors (Lipinski definition) is 1. The van der Waals surface area contributed by atoms with Crippen molar-refractivity contribution in [3.8, 4) is 0 Å². The standard InChI is InChI=1S/C25H23BrN2O5/c1-14-15(2)21(12-11-20(14)26)27-22(29)13-33-25(32)16-7-9-17(10-8-16)28-23(30)18-5-3-4-6-19(18)24(28)31/h3-4,7-12,18-19H,5-6,13H2,1-2H3,(H,27,29)/t18-,19+. The van der Waals surface area contributed by atoms with E-state index >= 15 is 0 Å². The first-order valence-corrected chi connectivity index (χ1v) is 11.4. The summed E-state index contributed by atoms with van der Waals surface area (Å²) in [5, 5.41) is 2.74. The van der Waals surface area contributed by atoms with E-state index in [0.717, 1.165) is 15.6 Å². The van der Waals surface area contributed by atoms with E-state index in [1.165, 1.54) is 17.0 Å². The van der Waals surface area contributed by atoms with Gasteiger partial charge in [0.25, 0.3) is 5.91 Å². The average molecular weight is 511 g/mol. The fourth-order valence-electron chi connectivity index (χ4n) is 4.13. The lowest BCUT2D eigenvalue weighted by atomic mass is 9.85. The van der Waals surface area contributed by atoms with E-state index in [1.807, 2.05) is 32.1 Å². The number of halogens is 1. The highest BCUT2D eigenvalue weighted by Crippen LogP contribution is 2.37. The van der Waals surface area contributed by atoms with Crippen LogP contribution in [0.4, 0.5) is 11.4 Å². The summed E-state index contributed by atoms with van der Waals surface area (Å²) in [5.74, 6) is -2.17. The Morgan fingerprint density at radius 1 is 0.970 bits per heavy atom. The van der Waals surface area contributed by atoms with E-state index in [0.29, 0.717) is 24.2 Å². The number of carbonyl (C=O) groups excluding carboxylic acids is 4.